The minimum Gasteiger partial charge on any atom is -0.370 e. The number of nitrogens with zero attached hydrogens (tertiary/aromatic N) is 2. The van der Waals surface area contributed by atoms with Gasteiger partial charge in [-0.3, -0.25) is 4.90 Å². The number of hydrogen-bond acceptors (Lipinski definition) is 4. The lowest BCUT2D eigenvalue weighted by Crippen LogP contribution is -2.36. The topological polar surface area (TPSA) is 28.2 Å². The first kappa shape index (κ1) is 12.7. The zero-order valence-electron chi connectivity index (χ0n) is 10.6. The van der Waals surface area contributed by atoms with Crippen LogP contribution < -0.4 is 5.32 Å². The highest BCUT2D eigenvalue weighted by molar-refractivity contribution is 7.99. The maximum atomic E-state index is 4.41. The van der Waals surface area contributed by atoms with Crippen molar-refractivity contribution in [1.29, 1.82) is 0 Å². The van der Waals surface area contributed by atoms with Crippen molar-refractivity contribution < 1.29 is 0 Å². The molecule has 1 N–H and O–H groups in total. The summed E-state index contributed by atoms with van der Waals surface area (Å²) < 4.78 is 0. The molecular formula is C13H21N3S. The molecule has 0 spiro atoms. The zero-order chi connectivity index (χ0) is 12.1. The standard InChI is InChI=1S/C13H21N3S/c1-3-14-13-5-4-12(8-15-13)10-16-6-7-17-11(2)9-16/h4-5,8,11H,3,6-7,9-10H2,1-2H3,(H,14,15). The monoisotopic (exact) mass is 251 g/mol. The molecule has 0 saturated carbocycles. The van der Waals surface area contributed by atoms with Gasteiger partial charge in [0.25, 0.3) is 0 Å². The fourth-order valence-corrected chi connectivity index (χ4v) is 3.18. The van der Waals surface area contributed by atoms with Gasteiger partial charge in [0.05, 0.1) is 0 Å². The minimum absolute atomic E-state index is 0.762. The lowest BCUT2D eigenvalue weighted by Gasteiger charge is -2.30. The van der Waals surface area contributed by atoms with Crippen molar-refractivity contribution in [3.63, 3.8) is 0 Å². The summed E-state index contributed by atoms with van der Waals surface area (Å²) in [4.78, 5) is 6.93. The van der Waals surface area contributed by atoms with E-state index in [0.717, 1.165) is 24.2 Å². The normalized spacial score (nSPS) is 21.4. The van der Waals surface area contributed by atoms with Crippen LogP contribution in [0.1, 0.15) is 19.4 Å². The summed E-state index contributed by atoms with van der Waals surface area (Å²) in [6.45, 7) is 8.74. The Kier molecular flexibility index (Phi) is 4.68. The largest absolute Gasteiger partial charge is 0.370 e. The molecule has 1 aromatic rings. The molecule has 94 valence electrons. The van der Waals surface area contributed by atoms with Gasteiger partial charge in [-0.05, 0) is 18.6 Å². The van der Waals surface area contributed by atoms with Crippen LogP contribution in [0.5, 0.6) is 0 Å². The van der Waals surface area contributed by atoms with Crippen LogP contribution in [0.4, 0.5) is 5.82 Å². The highest BCUT2D eigenvalue weighted by Crippen LogP contribution is 2.19. The second-order valence-electron chi connectivity index (χ2n) is 4.50. The van der Waals surface area contributed by atoms with Gasteiger partial charge in [-0.2, -0.15) is 11.8 Å². The third-order valence-electron chi connectivity index (χ3n) is 2.91. The van der Waals surface area contributed by atoms with Crippen LogP contribution >= 0.6 is 11.8 Å². The molecule has 1 saturated heterocycles. The molecule has 0 aliphatic carbocycles. The molecular weight excluding hydrogens is 230 g/mol. The summed E-state index contributed by atoms with van der Waals surface area (Å²) in [5.41, 5.74) is 1.31. The maximum Gasteiger partial charge on any atom is 0.125 e. The first-order chi connectivity index (χ1) is 8.28. The molecule has 1 atom stereocenters. The Balaban J connectivity index is 1.89. The SMILES string of the molecule is CCNc1ccc(CN2CCSC(C)C2)cn1. The van der Waals surface area contributed by atoms with E-state index in [2.05, 4.69) is 52.9 Å². The van der Waals surface area contributed by atoms with Crippen LogP contribution in [0, 0.1) is 0 Å². The van der Waals surface area contributed by atoms with Crippen LogP contribution in [0.25, 0.3) is 0 Å². The number of nitrogens with one attached hydrogen (secondary N) is 1. The Labute approximate surface area is 108 Å². The van der Waals surface area contributed by atoms with E-state index >= 15 is 0 Å². The summed E-state index contributed by atoms with van der Waals surface area (Å²) in [7, 11) is 0. The number of thioether (sulfide) groups is 1. The number of rotatable bonds is 4. The summed E-state index contributed by atoms with van der Waals surface area (Å²) >= 11 is 2.07. The van der Waals surface area contributed by atoms with Crippen molar-refractivity contribution in [1.82, 2.24) is 9.88 Å². The predicted molar refractivity (Wildman–Crippen MR) is 75.6 cm³/mol. The quantitative estimate of drug-likeness (QED) is 0.890. The van der Waals surface area contributed by atoms with Gasteiger partial charge in [-0.25, -0.2) is 4.98 Å². The van der Waals surface area contributed by atoms with E-state index < -0.39 is 0 Å². The third kappa shape index (κ3) is 3.89. The van der Waals surface area contributed by atoms with E-state index in [1.807, 2.05) is 6.20 Å². The van der Waals surface area contributed by atoms with E-state index in [1.54, 1.807) is 0 Å². The molecule has 2 heterocycles. The maximum absolute atomic E-state index is 4.41. The average molecular weight is 251 g/mol. The Bertz CT molecular complexity index is 339. The second-order valence-corrected chi connectivity index (χ2v) is 6.04. The van der Waals surface area contributed by atoms with Crippen LogP contribution in [0.15, 0.2) is 18.3 Å². The van der Waals surface area contributed by atoms with Gasteiger partial charge in [-0.15, -0.1) is 0 Å². The van der Waals surface area contributed by atoms with E-state index in [1.165, 1.54) is 24.4 Å². The average Bonchev–Trinajstić information content (AvgIpc) is 2.32. The lowest BCUT2D eigenvalue weighted by atomic mass is 10.2. The first-order valence-electron chi connectivity index (χ1n) is 6.30. The summed E-state index contributed by atoms with van der Waals surface area (Å²) in [6.07, 6.45) is 1.99. The number of aromatic nitrogens is 1. The Morgan fingerprint density at radius 1 is 1.53 bits per heavy atom. The van der Waals surface area contributed by atoms with Crippen molar-refractivity contribution >= 4 is 17.6 Å². The van der Waals surface area contributed by atoms with Gasteiger partial charge < -0.3 is 5.32 Å². The molecule has 2 rings (SSSR count). The molecule has 1 fully saturated rings. The number of pyridine rings is 1. The molecule has 0 amide bonds. The molecule has 4 heteroatoms. The van der Waals surface area contributed by atoms with Crippen molar-refractivity contribution in [2.24, 2.45) is 0 Å². The number of anilines is 1. The molecule has 1 aliphatic rings. The van der Waals surface area contributed by atoms with Crippen LogP contribution in [-0.2, 0) is 6.54 Å². The van der Waals surface area contributed by atoms with Gasteiger partial charge in [-0.1, -0.05) is 13.0 Å². The zero-order valence-corrected chi connectivity index (χ0v) is 11.5. The fourth-order valence-electron chi connectivity index (χ4n) is 2.10. The summed E-state index contributed by atoms with van der Waals surface area (Å²) in [5.74, 6) is 2.23. The van der Waals surface area contributed by atoms with Crippen LogP contribution in [0.3, 0.4) is 0 Å². The van der Waals surface area contributed by atoms with Crippen molar-refractivity contribution in [2.45, 2.75) is 25.6 Å². The van der Waals surface area contributed by atoms with Gasteiger partial charge >= 0.3 is 0 Å². The molecule has 17 heavy (non-hydrogen) atoms. The second kappa shape index (κ2) is 6.26. The van der Waals surface area contributed by atoms with Crippen molar-refractivity contribution in [3.05, 3.63) is 23.9 Å². The highest BCUT2D eigenvalue weighted by atomic mass is 32.2. The fraction of sp³-hybridized carbons (Fsp3) is 0.615. The third-order valence-corrected chi connectivity index (χ3v) is 4.05. The van der Waals surface area contributed by atoms with E-state index in [9.17, 15) is 0 Å². The van der Waals surface area contributed by atoms with E-state index in [4.69, 9.17) is 0 Å². The molecule has 3 nitrogen and oxygen atoms in total. The Hall–Kier alpha value is -0.740. The van der Waals surface area contributed by atoms with Gasteiger partial charge in [0.15, 0.2) is 0 Å². The van der Waals surface area contributed by atoms with E-state index in [-0.39, 0.29) is 0 Å². The smallest absolute Gasteiger partial charge is 0.125 e. The summed E-state index contributed by atoms with van der Waals surface area (Å²) in [5, 5.41) is 3.98. The van der Waals surface area contributed by atoms with Crippen molar-refractivity contribution in [2.75, 3.05) is 30.7 Å². The molecule has 1 aliphatic heterocycles. The van der Waals surface area contributed by atoms with Crippen molar-refractivity contribution in [3.8, 4) is 0 Å². The predicted octanol–water partition coefficient (Wildman–Crippen LogP) is 2.45. The Morgan fingerprint density at radius 2 is 2.41 bits per heavy atom. The summed E-state index contributed by atoms with van der Waals surface area (Å²) in [6, 6.07) is 4.25. The minimum atomic E-state index is 0.762. The number of hydrogen-bond donors (Lipinski definition) is 1. The van der Waals surface area contributed by atoms with Gasteiger partial charge in [0.1, 0.15) is 5.82 Å². The first-order valence-corrected chi connectivity index (χ1v) is 7.35. The van der Waals surface area contributed by atoms with E-state index in [0.29, 0.717) is 0 Å². The highest BCUT2D eigenvalue weighted by Gasteiger charge is 2.16. The molecule has 0 radical (unpaired) electrons. The van der Waals surface area contributed by atoms with Crippen LogP contribution in [0.2, 0.25) is 0 Å². The molecule has 0 aromatic carbocycles. The molecule has 0 bridgehead atoms. The Morgan fingerprint density at radius 3 is 3.06 bits per heavy atom. The van der Waals surface area contributed by atoms with Gasteiger partial charge in [0.2, 0.25) is 0 Å². The molecule has 1 unspecified atom stereocenters. The van der Waals surface area contributed by atoms with Gasteiger partial charge in [0, 0.05) is 43.4 Å². The lowest BCUT2D eigenvalue weighted by molar-refractivity contribution is 0.278. The van der Waals surface area contributed by atoms with Crippen LogP contribution in [-0.4, -0.2) is 40.5 Å². The molecule has 1 aromatic heterocycles.